The number of nitrogens with zero attached hydrogens (tertiary/aromatic N) is 5. The smallest absolute Gasteiger partial charge is 0.321 e. The number of imide groups is 1. The van der Waals surface area contributed by atoms with Crippen LogP contribution in [0.2, 0.25) is 0 Å². The molecule has 4 rings (SSSR count). The second-order valence-corrected chi connectivity index (χ2v) is 7.88. The van der Waals surface area contributed by atoms with Crippen LogP contribution in [-0.4, -0.2) is 42.7 Å². The fraction of sp³-hybridized carbons (Fsp3) is 0.150. The molecular weight excluding hydrogens is 450 g/mol. The number of amides is 3. The van der Waals surface area contributed by atoms with Crippen molar-refractivity contribution in [3.8, 4) is 5.69 Å². The largest absolute Gasteiger partial charge is 0.337 e. The maximum Gasteiger partial charge on any atom is 0.321 e. The number of carbonyl (C=O) groups is 2. The molecule has 3 heterocycles. The summed E-state index contributed by atoms with van der Waals surface area (Å²) in [5.74, 6) is -0.696. The maximum absolute atomic E-state index is 12.8. The number of nitrogens with one attached hydrogen (secondary N) is 2. The van der Waals surface area contributed by atoms with Gasteiger partial charge in [0, 0.05) is 17.5 Å². The van der Waals surface area contributed by atoms with Crippen molar-refractivity contribution in [3.63, 3.8) is 0 Å². The number of nitro benzene ring substituents is 1. The molecule has 0 saturated heterocycles. The number of nitro groups is 1. The van der Waals surface area contributed by atoms with Crippen molar-refractivity contribution < 1.29 is 14.5 Å². The number of carbonyl (C=O) groups excluding carboxylic acids is 2. The normalized spacial score (nSPS) is 10.8. The van der Waals surface area contributed by atoms with Crippen molar-refractivity contribution in [1.82, 2.24) is 30.0 Å². The van der Waals surface area contributed by atoms with Gasteiger partial charge in [0.1, 0.15) is 23.9 Å². The van der Waals surface area contributed by atoms with Crippen molar-refractivity contribution in [2.24, 2.45) is 0 Å². The van der Waals surface area contributed by atoms with E-state index in [0.717, 1.165) is 15.8 Å². The lowest BCUT2D eigenvalue weighted by Gasteiger charge is -2.08. The maximum atomic E-state index is 12.8. The third-order valence-electron chi connectivity index (χ3n) is 4.67. The molecule has 0 aliphatic rings. The van der Waals surface area contributed by atoms with E-state index in [0.29, 0.717) is 13.0 Å². The van der Waals surface area contributed by atoms with Crippen molar-refractivity contribution >= 4 is 40.0 Å². The first-order valence-corrected chi connectivity index (χ1v) is 10.6. The highest BCUT2D eigenvalue weighted by atomic mass is 32.1. The standard InChI is InChI=1S/C20H17N7O5S/c28-17(24-20(30)21-8-7-13-4-3-9-33-13)11-25-12-22-18-14(19(25)29)10-23-26(18)15-5-1-2-6-16(15)27(31)32/h1-6,9-10,12H,7-8,11H2,(H2,21,24,28,30). The van der Waals surface area contributed by atoms with Crippen molar-refractivity contribution in [2.75, 3.05) is 6.54 Å². The van der Waals surface area contributed by atoms with Crippen LogP contribution in [-0.2, 0) is 17.8 Å². The summed E-state index contributed by atoms with van der Waals surface area (Å²) < 4.78 is 2.22. The minimum absolute atomic E-state index is 0.0730. The minimum Gasteiger partial charge on any atom is -0.337 e. The van der Waals surface area contributed by atoms with Gasteiger partial charge >= 0.3 is 6.03 Å². The van der Waals surface area contributed by atoms with Crippen molar-refractivity contribution in [2.45, 2.75) is 13.0 Å². The lowest BCUT2D eigenvalue weighted by molar-refractivity contribution is -0.384. The molecule has 0 fully saturated rings. The highest BCUT2D eigenvalue weighted by Gasteiger charge is 2.19. The Bertz CT molecular complexity index is 1390. The minimum atomic E-state index is -0.696. The third-order valence-corrected chi connectivity index (χ3v) is 5.60. The summed E-state index contributed by atoms with van der Waals surface area (Å²) in [6.07, 6.45) is 3.00. The lowest BCUT2D eigenvalue weighted by atomic mass is 10.2. The van der Waals surface area contributed by atoms with E-state index in [-0.39, 0.29) is 22.4 Å². The van der Waals surface area contributed by atoms with Crippen LogP contribution in [0.15, 0.2) is 59.1 Å². The van der Waals surface area contributed by atoms with E-state index in [1.807, 2.05) is 17.5 Å². The topological polar surface area (TPSA) is 154 Å². The predicted octanol–water partition coefficient (Wildman–Crippen LogP) is 1.62. The molecule has 12 nitrogen and oxygen atoms in total. The van der Waals surface area contributed by atoms with Gasteiger partial charge in [-0.1, -0.05) is 18.2 Å². The molecule has 1 aromatic carbocycles. The van der Waals surface area contributed by atoms with Crippen LogP contribution >= 0.6 is 11.3 Å². The molecule has 3 aromatic heterocycles. The number of rotatable bonds is 7. The van der Waals surface area contributed by atoms with Gasteiger partial charge in [0.15, 0.2) is 5.65 Å². The summed E-state index contributed by atoms with van der Waals surface area (Å²) in [5, 5.41) is 22.1. The van der Waals surface area contributed by atoms with Crippen LogP contribution in [0.1, 0.15) is 4.88 Å². The van der Waals surface area contributed by atoms with Gasteiger partial charge in [-0.25, -0.2) is 14.5 Å². The Morgan fingerprint density at radius 2 is 2.00 bits per heavy atom. The lowest BCUT2D eigenvalue weighted by Crippen LogP contribution is -2.42. The molecule has 0 spiro atoms. The zero-order valence-corrected chi connectivity index (χ0v) is 17.8. The Balaban J connectivity index is 1.46. The molecule has 0 atom stereocenters. The zero-order valence-electron chi connectivity index (χ0n) is 17.0. The number of benzene rings is 1. The first-order valence-electron chi connectivity index (χ1n) is 9.71. The van der Waals surface area contributed by atoms with Gasteiger partial charge in [-0.3, -0.25) is 29.6 Å². The fourth-order valence-electron chi connectivity index (χ4n) is 3.15. The molecular formula is C20H17N7O5S. The molecule has 0 radical (unpaired) electrons. The van der Waals surface area contributed by atoms with Gasteiger partial charge in [0.05, 0.1) is 11.1 Å². The molecule has 0 saturated carbocycles. The van der Waals surface area contributed by atoms with Crippen LogP contribution in [0, 0.1) is 10.1 Å². The van der Waals surface area contributed by atoms with Crippen LogP contribution < -0.4 is 16.2 Å². The number of fused-ring (bicyclic) bond motifs is 1. The molecule has 3 amide bonds. The molecule has 0 aliphatic carbocycles. The molecule has 168 valence electrons. The first kappa shape index (κ1) is 21.8. The second-order valence-electron chi connectivity index (χ2n) is 6.85. The summed E-state index contributed by atoms with van der Waals surface area (Å²) in [4.78, 5) is 52.9. The monoisotopic (exact) mass is 467 g/mol. The number of urea groups is 1. The zero-order chi connectivity index (χ0) is 23.4. The number of thiophene rings is 1. The molecule has 0 bridgehead atoms. The summed E-state index contributed by atoms with van der Waals surface area (Å²) in [5.41, 5.74) is -0.507. The summed E-state index contributed by atoms with van der Waals surface area (Å²) in [6.45, 7) is -0.0747. The summed E-state index contributed by atoms with van der Waals surface area (Å²) in [7, 11) is 0. The van der Waals surface area contributed by atoms with Gasteiger partial charge in [0.2, 0.25) is 5.91 Å². The number of para-hydroxylation sites is 2. The molecule has 0 unspecified atom stereocenters. The second kappa shape index (κ2) is 9.40. The molecule has 4 aromatic rings. The van der Waals surface area contributed by atoms with Crippen LogP contribution in [0.3, 0.4) is 0 Å². The average molecular weight is 467 g/mol. The Labute approximate surface area is 189 Å². The van der Waals surface area contributed by atoms with E-state index >= 15 is 0 Å². The van der Waals surface area contributed by atoms with E-state index in [1.54, 1.807) is 17.4 Å². The molecule has 2 N–H and O–H groups in total. The van der Waals surface area contributed by atoms with E-state index in [9.17, 15) is 24.5 Å². The number of aromatic nitrogens is 4. The van der Waals surface area contributed by atoms with Gasteiger partial charge in [-0.2, -0.15) is 5.10 Å². The third kappa shape index (κ3) is 4.77. The predicted molar refractivity (Wildman–Crippen MR) is 119 cm³/mol. The highest BCUT2D eigenvalue weighted by Crippen LogP contribution is 2.23. The average Bonchev–Trinajstić information content (AvgIpc) is 3.46. The highest BCUT2D eigenvalue weighted by molar-refractivity contribution is 7.09. The summed E-state index contributed by atoms with van der Waals surface area (Å²) >= 11 is 1.57. The Hall–Kier alpha value is -4.39. The Kier molecular flexibility index (Phi) is 6.22. The van der Waals surface area contributed by atoms with Gasteiger partial charge in [-0.15, -0.1) is 11.3 Å². The SMILES string of the molecule is O=C(Cn1cnc2c(cnn2-c2ccccc2[N+](=O)[O-])c1=O)NC(=O)NCCc1cccs1. The first-order chi connectivity index (χ1) is 15.9. The van der Waals surface area contributed by atoms with Crippen molar-refractivity contribution in [3.05, 3.63) is 79.6 Å². The van der Waals surface area contributed by atoms with Crippen LogP contribution in [0.25, 0.3) is 16.7 Å². The quantitative estimate of drug-likeness (QED) is 0.309. The Morgan fingerprint density at radius 1 is 1.18 bits per heavy atom. The summed E-state index contributed by atoms with van der Waals surface area (Å²) in [6, 6.07) is 9.13. The fourth-order valence-corrected chi connectivity index (χ4v) is 3.86. The number of hydrogen-bond acceptors (Lipinski definition) is 8. The van der Waals surface area contributed by atoms with Crippen LogP contribution in [0.5, 0.6) is 0 Å². The van der Waals surface area contributed by atoms with Gasteiger partial charge in [0.25, 0.3) is 11.2 Å². The van der Waals surface area contributed by atoms with Crippen molar-refractivity contribution in [1.29, 1.82) is 0 Å². The van der Waals surface area contributed by atoms with Crippen LogP contribution in [0.4, 0.5) is 10.5 Å². The Morgan fingerprint density at radius 3 is 2.76 bits per heavy atom. The molecule has 0 aliphatic heterocycles. The van der Waals surface area contributed by atoms with E-state index in [4.69, 9.17) is 0 Å². The van der Waals surface area contributed by atoms with E-state index in [1.165, 1.54) is 29.1 Å². The van der Waals surface area contributed by atoms with Gasteiger partial charge in [-0.05, 0) is 23.9 Å². The van der Waals surface area contributed by atoms with E-state index < -0.39 is 29.0 Å². The van der Waals surface area contributed by atoms with E-state index in [2.05, 4.69) is 20.7 Å². The van der Waals surface area contributed by atoms with Gasteiger partial charge < -0.3 is 5.32 Å². The molecule has 13 heteroatoms. The molecule has 33 heavy (non-hydrogen) atoms. The number of hydrogen-bond donors (Lipinski definition) is 2.